The molecule has 0 amide bonds. The van der Waals surface area contributed by atoms with Crippen molar-refractivity contribution in [1.82, 2.24) is 0 Å². The van der Waals surface area contributed by atoms with Gasteiger partial charge in [-0.15, -0.1) is 0 Å². The SMILES string of the molecule is CCCCC/C=C\C/C=C\C/C=C\C/C=C\CCCC(=O)OC[C@H](COP(=O)(O)OC[C@@H](O)COP(=O)(O)OC[C@@H](COCCCCCCC/C=C\CCCCCCC=O)OC(=O)CCC/C=C\C/C=C\C/C=C\C/C=C\CCCCC)OCCCCCCC/C=C\CCCCCCC=O. The predicted octanol–water partition coefficient (Wildman–Crippen LogP) is 21.6. The van der Waals surface area contributed by atoms with Crippen LogP contribution in [0.15, 0.2) is 122 Å². The highest BCUT2D eigenvalue weighted by Crippen LogP contribution is 2.45. The Hall–Kier alpha value is -4.22. The minimum atomic E-state index is -4.88. The Kier molecular flexibility index (Phi) is 72.7. The molecule has 0 aromatic heterocycles. The van der Waals surface area contributed by atoms with Crippen LogP contribution in [0, 0.1) is 0 Å². The molecule has 0 aromatic carbocycles. The number of aliphatic hydroxyl groups is 1. The summed E-state index contributed by atoms with van der Waals surface area (Å²) in [6.07, 6.45) is 83.2. The molecule has 19 heteroatoms. The van der Waals surface area contributed by atoms with E-state index in [0.717, 1.165) is 199 Å². The molecule has 0 radical (unpaired) electrons. The number of rotatable bonds is 76. The number of phosphoric acid groups is 2. The number of aldehydes is 2. The summed E-state index contributed by atoms with van der Waals surface area (Å²) in [5.74, 6) is -0.969. The van der Waals surface area contributed by atoms with Crippen LogP contribution in [-0.4, -0.2) is 111 Å². The molecular formula is C81H138O17P2. The largest absolute Gasteiger partial charge is 0.472 e. The number of carbonyl (C=O) groups excluding carboxylic acids is 4. The number of carbonyl (C=O) groups is 4. The first-order valence-corrected chi connectivity index (χ1v) is 41.7. The Morgan fingerprint density at radius 1 is 0.330 bits per heavy atom. The van der Waals surface area contributed by atoms with E-state index in [0.29, 0.717) is 51.6 Å². The van der Waals surface area contributed by atoms with E-state index in [2.05, 4.69) is 123 Å². The number of hydrogen-bond acceptors (Lipinski definition) is 15. The van der Waals surface area contributed by atoms with Gasteiger partial charge in [0.1, 0.15) is 37.5 Å². The molecule has 0 aromatic rings. The van der Waals surface area contributed by atoms with Gasteiger partial charge in [-0.1, -0.05) is 225 Å². The lowest BCUT2D eigenvalue weighted by atomic mass is 10.1. The predicted molar refractivity (Wildman–Crippen MR) is 409 cm³/mol. The van der Waals surface area contributed by atoms with Crippen LogP contribution >= 0.6 is 15.6 Å². The monoisotopic (exact) mass is 1440 g/mol. The van der Waals surface area contributed by atoms with Gasteiger partial charge in [-0.3, -0.25) is 27.7 Å². The van der Waals surface area contributed by atoms with E-state index in [1.54, 1.807) is 0 Å². The number of phosphoric ester groups is 2. The molecule has 100 heavy (non-hydrogen) atoms. The summed E-state index contributed by atoms with van der Waals surface area (Å²) in [6, 6.07) is 0. The number of esters is 2. The summed E-state index contributed by atoms with van der Waals surface area (Å²) >= 11 is 0. The first-order valence-electron chi connectivity index (χ1n) is 38.7. The first kappa shape index (κ1) is 95.8. The lowest BCUT2D eigenvalue weighted by Gasteiger charge is -2.21. The van der Waals surface area contributed by atoms with Crippen molar-refractivity contribution in [3.63, 3.8) is 0 Å². The van der Waals surface area contributed by atoms with Gasteiger partial charge in [0.15, 0.2) is 0 Å². The molecule has 0 spiro atoms. The number of aliphatic hydroxyl groups excluding tert-OH is 1. The fraction of sp³-hybridized carbons (Fsp3) is 0.704. The van der Waals surface area contributed by atoms with Crippen LogP contribution in [-0.2, 0) is 65.4 Å². The Morgan fingerprint density at radius 2 is 0.630 bits per heavy atom. The van der Waals surface area contributed by atoms with Gasteiger partial charge in [-0.25, -0.2) is 9.13 Å². The maximum atomic E-state index is 13.1. The van der Waals surface area contributed by atoms with E-state index in [4.69, 9.17) is 37.0 Å². The Bertz CT molecular complexity index is 2310. The van der Waals surface area contributed by atoms with Gasteiger partial charge >= 0.3 is 27.6 Å². The van der Waals surface area contributed by atoms with Crippen LogP contribution in [0.4, 0.5) is 0 Å². The second-order valence-corrected chi connectivity index (χ2v) is 28.4. The molecule has 3 N–H and O–H groups in total. The zero-order valence-corrected chi connectivity index (χ0v) is 63.9. The molecule has 0 bridgehead atoms. The van der Waals surface area contributed by atoms with Crippen LogP contribution in [0.2, 0.25) is 0 Å². The molecule has 2 unspecified atom stereocenters. The van der Waals surface area contributed by atoms with E-state index in [9.17, 15) is 43.2 Å². The second-order valence-electron chi connectivity index (χ2n) is 25.5. The van der Waals surface area contributed by atoms with Crippen molar-refractivity contribution in [2.75, 3.05) is 52.9 Å². The Balaban J connectivity index is 5.32. The molecule has 0 aliphatic rings. The standard InChI is InChI=1S/C81H138O17P2/c1-3-5-7-9-11-13-15-17-19-21-23-29-35-41-47-53-59-65-80(85)93-74-78(92-70-64-58-52-46-40-34-28-26-32-38-44-50-56-62-68-83)75-96-99(87,88)94-71-77(84)72-95-100(89,90)97-76-79(73-91-69-63-57-51-45-39-33-27-25-31-37-43-49-55-61-67-82)98-81(86)66-60-54-48-42-36-30-24-22-20-18-16-14-12-10-8-6-4-2/h11-14,17-20,23-30,41-42,47-48,67-68,77-79,84H,3-10,15-16,21-22,31-40,43-46,49-66,69-76H2,1-2H3,(H,87,88)(H,89,90)/b13-11-,14-12-,19-17-,20-18-,27-25-,28-26-,29-23-,30-24-,47-41-,48-42-/t77-,78-,79-/m1/s1. The summed E-state index contributed by atoms with van der Waals surface area (Å²) in [5, 5.41) is 10.6. The van der Waals surface area contributed by atoms with Crippen molar-refractivity contribution in [3.05, 3.63) is 122 Å². The van der Waals surface area contributed by atoms with E-state index < -0.39 is 72.3 Å². The molecule has 0 heterocycles. The smallest absolute Gasteiger partial charge is 0.463 e. The van der Waals surface area contributed by atoms with Crippen molar-refractivity contribution >= 4 is 40.2 Å². The summed E-state index contributed by atoms with van der Waals surface area (Å²) in [7, 11) is -9.73. The normalized spacial score (nSPS) is 14.7. The maximum Gasteiger partial charge on any atom is 0.472 e. The van der Waals surface area contributed by atoms with Crippen molar-refractivity contribution < 1.29 is 80.2 Å². The van der Waals surface area contributed by atoms with Crippen molar-refractivity contribution in [3.8, 4) is 0 Å². The topological polar surface area (TPSA) is 237 Å². The third-order valence-corrected chi connectivity index (χ3v) is 17.8. The van der Waals surface area contributed by atoms with Crippen molar-refractivity contribution in [2.24, 2.45) is 0 Å². The first-order chi connectivity index (χ1) is 48.9. The number of hydrogen-bond donors (Lipinski definition) is 3. The van der Waals surface area contributed by atoms with Crippen LogP contribution in [0.3, 0.4) is 0 Å². The van der Waals surface area contributed by atoms with E-state index >= 15 is 0 Å². The van der Waals surface area contributed by atoms with E-state index in [-0.39, 0.29) is 32.7 Å². The van der Waals surface area contributed by atoms with Crippen LogP contribution in [0.25, 0.3) is 0 Å². The third-order valence-electron chi connectivity index (χ3n) is 15.9. The minimum absolute atomic E-state index is 0.0963. The molecule has 0 fully saturated rings. The molecule has 5 atom stereocenters. The summed E-state index contributed by atoms with van der Waals surface area (Å²) < 4.78 is 69.7. The molecule has 0 aliphatic heterocycles. The molecule has 17 nitrogen and oxygen atoms in total. The number of unbranched alkanes of at least 4 members (excludes halogenated alkanes) is 28. The van der Waals surface area contributed by atoms with Crippen molar-refractivity contribution in [2.45, 2.75) is 315 Å². The second kappa shape index (κ2) is 75.9. The number of ether oxygens (including phenoxy) is 4. The zero-order valence-electron chi connectivity index (χ0n) is 62.2. The van der Waals surface area contributed by atoms with Crippen LogP contribution in [0.5, 0.6) is 0 Å². The van der Waals surface area contributed by atoms with Gasteiger partial charge in [0, 0.05) is 38.9 Å². The van der Waals surface area contributed by atoms with Gasteiger partial charge in [0.25, 0.3) is 0 Å². The molecule has 0 rings (SSSR count). The van der Waals surface area contributed by atoms with E-state index in [1.807, 2.05) is 12.2 Å². The number of allylic oxidation sites excluding steroid dienone is 20. The lowest BCUT2D eigenvalue weighted by Crippen LogP contribution is -2.29. The van der Waals surface area contributed by atoms with E-state index in [1.165, 1.54) is 38.5 Å². The van der Waals surface area contributed by atoms with Gasteiger partial charge < -0.3 is 43.4 Å². The maximum absolute atomic E-state index is 13.1. The van der Waals surface area contributed by atoms with Crippen LogP contribution < -0.4 is 0 Å². The lowest BCUT2D eigenvalue weighted by molar-refractivity contribution is -0.154. The Labute approximate surface area is 606 Å². The minimum Gasteiger partial charge on any atom is -0.463 e. The molecular weight excluding hydrogens is 1310 g/mol. The highest BCUT2D eigenvalue weighted by molar-refractivity contribution is 7.47. The molecule has 0 saturated carbocycles. The van der Waals surface area contributed by atoms with Gasteiger partial charge in [-0.2, -0.15) is 0 Å². The zero-order chi connectivity index (χ0) is 72.9. The highest BCUT2D eigenvalue weighted by Gasteiger charge is 2.29. The van der Waals surface area contributed by atoms with Gasteiger partial charge in [0.05, 0.1) is 33.0 Å². The fourth-order valence-corrected chi connectivity index (χ4v) is 11.5. The average molecular weight is 1450 g/mol. The van der Waals surface area contributed by atoms with Crippen molar-refractivity contribution in [1.29, 1.82) is 0 Å². The fourth-order valence-electron chi connectivity index (χ4n) is 9.97. The summed E-state index contributed by atoms with van der Waals surface area (Å²) in [5.41, 5.74) is 0. The summed E-state index contributed by atoms with van der Waals surface area (Å²) in [6.45, 7) is 2.08. The average Bonchev–Trinajstić information content (AvgIpc) is 0.960. The van der Waals surface area contributed by atoms with Gasteiger partial charge in [0.2, 0.25) is 0 Å². The quantitative estimate of drug-likeness (QED) is 0.0169. The molecule has 574 valence electrons. The van der Waals surface area contributed by atoms with Crippen LogP contribution in [0.1, 0.15) is 296 Å². The highest BCUT2D eigenvalue weighted by atomic mass is 31.2. The summed E-state index contributed by atoms with van der Waals surface area (Å²) in [4.78, 5) is 68.0. The molecule has 0 saturated heterocycles. The third kappa shape index (κ3) is 75.0. The molecule has 0 aliphatic carbocycles. The van der Waals surface area contributed by atoms with Gasteiger partial charge in [-0.05, 0) is 167 Å². The Morgan fingerprint density at radius 3 is 1.02 bits per heavy atom.